The van der Waals surface area contributed by atoms with Gasteiger partial charge >= 0.3 is 0 Å². The first-order valence-corrected chi connectivity index (χ1v) is 10.6. The van der Waals surface area contributed by atoms with Crippen molar-refractivity contribution < 1.29 is 4.74 Å². The number of hydrogen-bond donors (Lipinski definition) is 2. The molecule has 7 heteroatoms. The van der Waals surface area contributed by atoms with Crippen molar-refractivity contribution in [3.63, 3.8) is 0 Å². The highest BCUT2D eigenvalue weighted by Crippen LogP contribution is 2.17. The summed E-state index contributed by atoms with van der Waals surface area (Å²) in [5.41, 5.74) is 2.43. The number of rotatable bonds is 11. The Morgan fingerprint density at radius 2 is 1.84 bits per heavy atom. The number of aromatic nitrogens is 2. The summed E-state index contributed by atoms with van der Waals surface area (Å²) in [5, 5.41) is 6.70. The summed E-state index contributed by atoms with van der Waals surface area (Å²) in [7, 11) is 1.77. The van der Waals surface area contributed by atoms with Gasteiger partial charge in [0.2, 0.25) is 0 Å². The Hall–Kier alpha value is -2.81. The minimum atomic E-state index is 0. The fourth-order valence-electron chi connectivity index (χ4n) is 3.31. The molecule has 0 saturated heterocycles. The minimum absolute atomic E-state index is 0. The summed E-state index contributed by atoms with van der Waals surface area (Å²) in [6.07, 6.45) is 7.76. The van der Waals surface area contributed by atoms with E-state index in [9.17, 15) is 0 Å². The molecule has 0 amide bonds. The zero-order chi connectivity index (χ0) is 21.7. The molecule has 0 bridgehead atoms. The summed E-state index contributed by atoms with van der Waals surface area (Å²) < 4.78 is 7.92. The van der Waals surface area contributed by atoms with Gasteiger partial charge in [-0.15, -0.1) is 24.0 Å². The first-order valence-electron chi connectivity index (χ1n) is 10.6. The van der Waals surface area contributed by atoms with Gasteiger partial charge in [0, 0.05) is 38.1 Å². The van der Waals surface area contributed by atoms with Gasteiger partial charge < -0.3 is 19.9 Å². The second kappa shape index (κ2) is 14.3. The fraction of sp³-hybridized carbons (Fsp3) is 0.280. The van der Waals surface area contributed by atoms with E-state index in [4.69, 9.17) is 4.74 Å². The molecule has 0 aliphatic carbocycles. The van der Waals surface area contributed by atoms with E-state index >= 15 is 0 Å². The third-order valence-electron chi connectivity index (χ3n) is 4.92. The first kappa shape index (κ1) is 25.5. The fourth-order valence-corrected chi connectivity index (χ4v) is 3.31. The molecule has 32 heavy (non-hydrogen) atoms. The van der Waals surface area contributed by atoms with E-state index in [1.165, 1.54) is 5.56 Å². The van der Waals surface area contributed by atoms with Gasteiger partial charge in [-0.2, -0.15) is 0 Å². The van der Waals surface area contributed by atoms with Gasteiger partial charge in [-0.3, -0.25) is 4.99 Å². The Labute approximate surface area is 207 Å². The number of aryl methyl sites for hydroxylation is 2. The maximum atomic E-state index is 5.72. The highest BCUT2D eigenvalue weighted by atomic mass is 127. The van der Waals surface area contributed by atoms with Crippen molar-refractivity contribution in [1.29, 1.82) is 0 Å². The maximum absolute atomic E-state index is 5.72. The lowest BCUT2D eigenvalue weighted by molar-refractivity contribution is 0.358. The van der Waals surface area contributed by atoms with Crippen molar-refractivity contribution in [2.24, 2.45) is 4.99 Å². The predicted molar refractivity (Wildman–Crippen MR) is 142 cm³/mol. The molecule has 0 aliphatic heterocycles. The lowest BCUT2D eigenvalue weighted by Crippen LogP contribution is -2.37. The van der Waals surface area contributed by atoms with E-state index in [1.54, 1.807) is 13.1 Å². The van der Waals surface area contributed by atoms with Crippen molar-refractivity contribution in [2.45, 2.75) is 32.5 Å². The number of aliphatic imine (C=N–C) groups is 1. The number of imidazole rings is 1. The quantitative estimate of drug-likeness (QED) is 0.161. The normalized spacial score (nSPS) is 10.8. The second-order valence-corrected chi connectivity index (χ2v) is 7.11. The monoisotopic (exact) mass is 545 g/mol. The van der Waals surface area contributed by atoms with Gasteiger partial charge in [0.15, 0.2) is 5.96 Å². The number of benzene rings is 2. The number of halogens is 1. The largest absolute Gasteiger partial charge is 0.489 e. The molecule has 1 heterocycles. The Balaban J connectivity index is 0.00000363. The molecule has 2 aromatic carbocycles. The molecular formula is C25H32IN5O. The van der Waals surface area contributed by atoms with Crippen LogP contribution in [0.4, 0.5) is 0 Å². The second-order valence-electron chi connectivity index (χ2n) is 7.11. The van der Waals surface area contributed by atoms with Crippen LogP contribution in [-0.4, -0.2) is 29.2 Å². The first-order chi connectivity index (χ1) is 15.3. The maximum Gasteiger partial charge on any atom is 0.191 e. The van der Waals surface area contributed by atoms with Crippen molar-refractivity contribution in [2.75, 3.05) is 13.7 Å². The van der Waals surface area contributed by atoms with Crippen LogP contribution in [0.1, 0.15) is 23.4 Å². The van der Waals surface area contributed by atoms with Crippen LogP contribution in [0.25, 0.3) is 0 Å². The molecular weight excluding hydrogens is 513 g/mol. The summed E-state index contributed by atoms with van der Waals surface area (Å²) in [6, 6.07) is 18.5. The molecule has 0 spiro atoms. The van der Waals surface area contributed by atoms with Crippen molar-refractivity contribution in [1.82, 2.24) is 20.2 Å². The molecule has 3 aromatic rings. The predicted octanol–water partition coefficient (Wildman–Crippen LogP) is 4.56. The number of hydrogen-bond acceptors (Lipinski definition) is 3. The third kappa shape index (κ3) is 8.03. The molecule has 0 fully saturated rings. The van der Waals surface area contributed by atoms with E-state index in [2.05, 4.69) is 62.1 Å². The van der Waals surface area contributed by atoms with Gasteiger partial charge in [-0.1, -0.05) is 61.2 Å². The van der Waals surface area contributed by atoms with Crippen LogP contribution >= 0.6 is 24.0 Å². The third-order valence-corrected chi connectivity index (χ3v) is 4.92. The molecule has 1 aromatic heterocycles. The molecule has 170 valence electrons. The van der Waals surface area contributed by atoms with Gasteiger partial charge in [-0.25, -0.2) is 4.98 Å². The highest BCUT2D eigenvalue weighted by Gasteiger charge is 2.07. The SMILES string of the molecule is C=CCOc1ccccc1CNC(=NC)NCc1nccn1CCCc1ccccc1.I. The van der Waals surface area contributed by atoms with Gasteiger partial charge in [0.25, 0.3) is 0 Å². The molecule has 0 unspecified atom stereocenters. The number of ether oxygens (including phenoxy) is 1. The Morgan fingerprint density at radius 1 is 1.09 bits per heavy atom. The van der Waals surface area contributed by atoms with E-state index < -0.39 is 0 Å². The van der Waals surface area contributed by atoms with Crippen LogP contribution < -0.4 is 15.4 Å². The smallest absolute Gasteiger partial charge is 0.191 e. The highest BCUT2D eigenvalue weighted by molar-refractivity contribution is 14.0. The molecule has 0 radical (unpaired) electrons. The average Bonchev–Trinajstić information content (AvgIpc) is 3.26. The molecule has 6 nitrogen and oxygen atoms in total. The van der Waals surface area contributed by atoms with Crippen LogP contribution in [0.2, 0.25) is 0 Å². The van der Waals surface area contributed by atoms with Crippen LogP contribution in [-0.2, 0) is 26.1 Å². The van der Waals surface area contributed by atoms with Gasteiger partial charge in [-0.05, 0) is 24.5 Å². The number of nitrogens with one attached hydrogen (secondary N) is 2. The van der Waals surface area contributed by atoms with E-state index in [-0.39, 0.29) is 24.0 Å². The summed E-state index contributed by atoms with van der Waals surface area (Å²) in [6.45, 7) is 6.34. The zero-order valence-corrected chi connectivity index (χ0v) is 20.9. The van der Waals surface area contributed by atoms with Crippen molar-refractivity contribution in [3.8, 4) is 5.75 Å². The standard InChI is InChI=1S/C25H31N5O.HI/c1-3-18-31-23-14-8-7-13-22(23)19-28-25(26-2)29-20-24-27-15-17-30(24)16-9-12-21-10-5-4-6-11-21;/h3-8,10-11,13-15,17H,1,9,12,16,18-20H2,2H3,(H2,26,28,29);1H. The summed E-state index contributed by atoms with van der Waals surface area (Å²) in [4.78, 5) is 8.83. The van der Waals surface area contributed by atoms with Crippen LogP contribution in [0.5, 0.6) is 5.75 Å². The van der Waals surface area contributed by atoms with Crippen LogP contribution in [0, 0.1) is 0 Å². The van der Waals surface area contributed by atoms with Gasteiger partial charge in [0.05, 0.1) is 6.54 Å². The Bertz CT molecular complexity index is 971. The van der Waals surface area contributed by atoms with Crippen LogP contribution in [0.15, 0.2) is 84.6 Å². The number of guanidine groups is 1. The van der Waals surface area contributed by atoms with Crippen molar-refractivity contribution in [3.05, 3.63) is 96.6 Å². The summed E-state index contributed by atoms with van der Waals surface area (Å²) >= 11 is 0. The lowest BCUT2D eigenvalue weighted by atomic mass is 10.1. The number of para-hydroxylation sites is 1. The van der Waals surface area contributed by atoms with E-state index in [0.29, 0.717) is 19.7 Å². The minimum Gasteiger partial charge on any atom is -0.489 e. The molecule has 0 atom stereocenters. The molecule has 0 saturated carbocycles. The van der Waals surface area contributed by atoms with E-state index in [0.717, 1.165) is 42.5 Å². The summed E-state index contributed by atoms with van der Waals surface area (Å²) in [5.74, 6) is 2.56. The zero-order valence-electron chi connectivity index (χ0n) is 18.5. The molecule has 2 N–H and O–H groups in total. The average molecular weight is 545 g/mol. The van der Waals surface area contributed by atoms with Crippen LogP contribution in [0.3, 0.4) is 0 Å². The topological polar surface area (TPSA) is 63.5 Å². The molecule has 3 rings (SSSR count). The van der Waals surface area contributed by atoms with Gasteiger partial charge in [0.1, 0.15) is 18.2 Å². The number of nitrogens with zero attached hydrogens (tertiary/aromatic N) is 3. The molecule has 0 aliphatic rings. The van der Waals surface area contributed by atoms with E-state index in [1.807, 2.05) is 36.7 Å². The van der Waals surface area contributed by atoms with Crippen molar-refractivity contribution >= 4 is 29.9 Å². The Kier molecular flexibility index (Phi) is 11.4. The Morgan fingerprint density at radius 3 is 2.62 bits per heavy atom. The lowest BCUT2D eigenvalue weighted by Gasteiger charge is -2.15.